The fourth-order valence-electron chi connectivity index (χ4n) is 1.66. The number of esters is 1. The van der Waals surface area contributed by atoms with E-state index >= 15 is 0 Å². The number of halogens is 3. The molecule has 1 rings (SSSR count). The summed E-state index contributed by atoms with van der Waals surface area (Å²) in [7, 11) is 0. The van der Waals surface area contributed by atoms with Crippen LogP contribution >= 0.6 is 34.8 Å². The van der Waals surface area contributed by atoms with Crippen LogP contribution in [0.15, 0.2) is 0 Å². The highest BCUT2D eigenvalue weighted by atomic mass is 35.6. The Bertz CT molecular complexity index is 213. The van der Waals surface area contributed by atoms with E-state index in [4.69, 9.17) is 39.5 Å². The van der Waals surface area contributed by atoms with Crippen molar-refractivity contribution in [3.05, 3.63) is 0 Å². The third kappa shape index (κ3) is 3.48. The van der Waals surface area contributed by atoms with Crippen molar-refractivity contribution < 1.29 is 9.53 Å². The predicted molar refractivity (Wildman–Crippen MR) is 57.8 cm³/mol. The lowest BCUT2D eigenvalue weighted by Gasteiger charge is -2.29. The molecule has 0 spiro atoms. The van der Waals surface area contributed by atoms with Crippen LogP contribution in [0.5, 0.6) is 0 Å². The maximum atomic E-state index is 11.3. The standard InChI is InChI=1S/C9H13Cl3O2/c1-6-4-2-3-5-7(6)14-8(13)9(10,11)12/h6-7H,2-5H2,1H3. The van der Waals surface area contributed by atoms with E-state index in [1.54, 1.807) is 0 Å². The van der Waals surface area contributed by atoms with Crippen LogP contribution in [0.3, 0.4) is 0 Å². The molecule has 5 heteroatoms. The largest absolute Gasteiger partial charge is 0.459 e. The third-order valence-electron chi connectivity index (χ3n) is 2.52. The molecule has 0 aromatic carbocycles. The zero-order chi connectivity index (χ0) is 10.8. The molecule has 0 radical (unpaired) electrons. The average Bonchev–Trinajstić information content (AvgIpc) is 2.07. The first kappa shape index (κ1) is 12.4. The Morgan fingerprint density at radius 3 is 2.36 bits per heavy atom. The summed E-state index contributed by atoms with van der Waals surface area (Å²) < 4.78 is 3.19. The zero-order valence-electron chi connectivity index (χ0n) is 7.93. The van der Waals surface area contributed by atoms with Gasteiger partial charge in [-0.2, -0.15) is 0 Å². The Morgan fingerprint density at radius 2 is 1.86 bits per heavy atom. The molecule has 1 aliphatic rings. The van der Waals surface area contributed by atoms with Crippen molar-refractivity contribution in [1.29, 1.82) is 0 Å². The summed E-state index contributed by atoms with van der Waals surface area (Å²) in [6, 6.07) is 0. The average molecular weight is 260 g/mol. The first-order valence-electron chi connectivity index (χ1n) is 4.69. The quantitative estimate of drug-likeness (QED) is 0.532. The minimum absolute atomic E-state index is 0.0909. The molecular weight excluding hydrogens is 246 g/mol. The summed E-state index contributed by atoms with van der Waals surface area (Å²) in [6.07, 6.45) is 4.10. The van der Waals surface area contributed by atoms with Gasteiger partial charge in [-0.25, -0.2) is 4.79 Å². The van der Waals surface area contributed by atoms with E-state index in [2.05, 4.69) is 6.92 Å². The lowest BCUT2D eigenvalue weighted by molar-refractivity contribution is -0.152. The minimum atomic E-state index is -1.95. The molecule has 2 atom stereocenters. The monoisotopic (exact) mass is 258 g/mol. The third-order valence-corrected chi connectivity index (χ3v) is 2.99. The Labute approximate surface area is 98.8 Å². The van der Waals surface area contributed by atoms with Gasteiger partial charge in [0.15, 0.2) is 0 Å². The Hall–Kier alpha value is 0.340. The number of alkyl halides is 3. The summed E-state index contributed by atoms with van der Waals surface area (Å²) in [6.45, 7) is 2.05. The van der Waals surface area contributed by atoms with Gasteiger partial charge in [0, 0.05) is 0 Å². The van der Waals surface area contributed by atoms with Crippen molar-refractivity contribution in [2.45, 2.75) is 42.5 Å². The van der Waals surface area contributed by atoms with Gasteiger partial charge in [0.25, 0.3) is 3.79 Å². The van der Waals surface area contributed by atoms with Crippen LogP contribution in [0.1, 0.15) is 32.6 Å². The minimum Gasteiger partial charge on any atom is -0.459 e. The van der Waals surface area contributed by atoms with E-state index in [1.807, 2.05) is 0 Å². The van der Waals surface area contributed by atoms with Crippen molar-refractivity contribution in [2.75, 3.05) is 0 Å². The van der Waals surface area contributed by atoms with Crippen molar-refractivity contribution in [2.24, 2.45) is 5.92 Å². The Balaban J connectivity index is 2.46. The van der Waals surface area contributed by atoms with Crippen LogP contribution in [-0.2, 0) is 9.53 Å². The van der Waals surface area contributed by atoms with Gasteiger partial charge < -0.3 is 4.74 Å². The van der Waals surface area contributed by atoms with Gasteiger partial charge >= 0.3 is 5.97 Å². The Morgan fingerprint density at radius 1 is 1.29 bits per heavy atom. The molecule has 1 aliphatic carbocycles. The Kier molecular flexibility index (Phi) is 4.35. The number of carbonyl (C=O) groups is 1. The van der Waals surface area contributed by atoms with Crippen LogP contribution in [0.2, 0.25) is 0 Å². The normalized spacial score (nSPS) is 28.6. The summed E-state index contributed by atoms with van der Waals surface area (Å²) in [5, 5.41) is 0. The molecule has 1 fully saturated rings. The van der Waals surface area contributed by atoms with Crippen LogP contribution < -0.4 is 0 Å². The van der Waals surface area contributed by atoms with Gasteiger partial charge in [-0.1, -0.05) is 48.1 Å². The highest BCUT2D eigenvalue weighted by Crippen LogP contribution is 2.32. The molecule has 0 heterocycles. The lowest BCUT2D eigenvalue weighted by Crippen LogP contribution is -2.33. The molecule has 82 valence electrons. The molecule has 1 saturated carbocycles. The van der Waals surface area contributed by atoms with Crippen molar-refractivity contribution >= 4 is 40.8 Å². The second-order valence-corrected chi connectivity index (χ2v) is 5.98. The highest BCUT2D eigenvalue weighted by Gasteiger charge is 2.36. The predicted octanol–water partition coefficient (Wildman–Crippen LogP) is 3.48. The second kappa shape index (κ2) is 4.91. The summed E-state index contributed by atoms with van der Waals surface area (Å²) in [5.74, 6) is -0.402. The van der Waals surface area contributed by atoms with Crippen LogP contribution in [0.25, 0.3) is 0 Å². The van der Waals surface area contributed by atoms with Gasteiger partial charge in [0.1, 0.15) is 6.10 Å². The number of hydrogen-bond acceptors (Lipinski definition) is 2. The topological polar surface area (TPSA) is 26.3 Å². The molecule has 0 N–H and O–H groups in total. The van der Waals surface area contributed by atoms with E-state index in [0.717, 1.165) is 19.3 Å². The molecule has 0 aliphatic heterocycles. The van der Waals surface area contributed by atoms with Crippen LogP contribution in [0, 0.1) is 5.92 Å². The van der Waals surface area contributed by atoms with Gasteiger partial charge in [0.2, 0.25) is 0 Å². The van der Waals surface area contributed by atoms with Gasteiger partial charge in [0.05, 0.1) is 0 Å². The van der Waals surface area contributed by atoms with Crippen LogP contribution in [0.4, 0.5) is 0 Å². The second-order valence-electron chi connectivity index (χ2n) is 3.70. The fraction of sp³-hybridized carbons (Fsp3) is 0.889. The molecule has 2 nitrogen and oxygen atoms in total. The van der Waals surface area contributed by atoms with E-state index < -0.39 is 9.76 Å². The first-order chi connectivity index (χ1) is 6.41. The molecule has 2 unspecified atom stereocenters. The van der Waals surface area contributed by atoms with Gasteiger partial charge in [-0.3, -0.25) is 0 Å². The SMILES string of the molecule is CC1CCCCC1OC(=O)C(Cl)(Cl)Cl. The first-order valence-corrected chi connectivity index (χ1v) is 5.82. The van der Waals surface area contributed by atoms with Gasteiger partial charge in [-0.05, 0) is 25.2 Å². The van der Waals surface area contributed by atoms with E-state index in [0.29, 0.717) is 5.92 Å². The molecule has 0 aromatic rings. The van der Waals surface area contributed by atoms with E-state index in [1.165, 1.54) is 6.42 Å². The maximum absolute atomic E-state index is 11.3. The lowest BCUT2D eigenvalue weighted by atomic mass is 9.88. The smallest absolute Gasteiger partial charge is 0.358 e. The summed E-state index contributed by atoms with van der Waals surface area (Å²) >= 11 is 16.2. The van der Waals surface area contributed by atoms with Gasteiger partial charge in [-0.15, -0.1) is 0 Å². The highest BCUT2D eigenvalue weighted by molar-refractivity contribution is 6.75. The fourth-order valence-corrected chi connectivity index (χ4v) is 1.80. The number of rotatable bonds is 1. The molecule has 14 heavy (non-hydrogen) atoms. The number of carbonyl (C=O) groups excluding carboxylic acids is 1. The van der Waals surface area contributed by atoms with Crippen molar-refractivity contribution in [3.63, 3.8) is 0 Å². The molecule has 0 amide bonds. The van der Waals surface area contributed by atoms with Crippen molar-refractivity contribution in [1.82, 2.24) is 0 Å². The molecule has 0 aromatic heterocycles. The van der Waals surface area contributed by atoms with Crippen molar-refractivity contribution in [3.8, 4) is 0 Å². The number of ether oxygens (including phenoxy) is 1. The molecular formula is C9H13Cl3O2. The maximum Gasteiger partial charge on any atom is 0.358 e. The molecule has 0 saturated heterocycles. The number of hydrogen-bond donors (Lipinski definition) is 0. The van der Waals surface area contributed by atoms with Crippen LogP contribution in [-0.4, -0.2) is 15.9 Å². The summed E-state index contributed by atoms with van der Waals surface area (Å²) in [5.41, 5.74) is 0. The van der Waals surface area contributed by atoms with E-state index in [-0.39, 0.29) is 6.10 Å². The van der Waals surface area contributed by atoms with E-state index in [9.17, 15) is 4.79 Å². The zero-order valence-corrected chi connectivity index (χ0v) is 10.2. The summed E-state index contributed by atoms with van der Waals surface area (Å²) in [4.78, 5) is 11.3. The molecule has 0 bridgehead atoms.